The van der Waals surface area contributed by atoms with Crippen molar-refractivity contribution in [1.82, 2.24) is 10.2 Å². The number of rotatable bonds is 6. The fraction of sp³-hybridized carbons (Fsp3) is 0.833. The van der Waals surface area contributed by atoms with E-state index < -0.39 is 0 Å². The Hall–Kier alpha value is -1.26. The van der Waals surface area contributed by atoms with Crippen molar-refractivity contribution >= 4 is 11.9 Å². The van der Waals surface area contributed by atoms with Gasteiger partial charge < -0.3 is 16.0 Å². The molecule has 98 valence electrons. The van der Waals surface area contributed by atoms with Crippen molar-refractivity contribution in [2.24, 2.45) is 11.7 Å². The molecule has 17 heavy (non-hydrogen) atoms. The van der Waals surface area contributed by atoms with Crippen molar-refractivity contribution in [3.8, 4) is 0 Å². The Balaban J connectivity index is 2.41. The summed E-state index contributed by atoms with van der Waals surface area (Å²) in [5.41, 5.74) is 5.34. The second kappa shape index (κ2) is 6.47. The molecule has 0 bridgehead atoms. The van der Waals surface area contributed by atoms with Crippen LogP contribution >= 0.6 is 0 Å². The molecule has 0 aromatic heterocycles. The second-order valence-electron chi connectivity index (χ2n) is 5.19. The van der Waals surface area contributed by atoms with Crippen LogP contribution in [0.25, 0.3) is 0 Å². The number of amides is 2. The smallest absolute Gasteiger partial charge is 0.317 e. The molecule has 0 radical (unpaired) electrons. The van der Waals surface area contributed by atoms with Crippen LogP contribution < -0.4 is 11.1 Å². The number of urea groups is 1. The molecule has 0 spiro atoms. The molecule has 4 N–H and O–H groups in total. The van der Waals surface area contributed by atoms with Gasteiger partial charge in [0, 0.05) is 25.6 Å². The first-order chi connectivity index (χ1) is 7.99. The molecule has 1 aliphatic rings. The van der Waals surface area contributed by atoms with Gasteiger partial charge >= 0.3 is 6.03 Å². The summed E-state index contributed by atoms with van der Waals surface area (Å²) in [6.45, 7) is 5.41. The van der Waals surface area contributed by atoms with Gasteiger partial charge in [0.25, 0.3) is 0 Å². The van der Waals surface area contributed by atoms with Gasteiger partial charge in [-0.3, -0.25) is 5.41 Å². The topological polar surface area (TPSA) is 82.2 Å². The first kappa shape index (κ1) is 13.8. The quantitative estimate of drug-likeness (QED) is 0.486. The van der Waals surface area contributed by atoms with Crippen LogP contribution in [0.4, 0.5) is 4.79 Å². The minimum atomic E-state index is -0.00958. The zero-order chi connectivity index (χ0) is 12.8. The number of nitrogens with zero attached hydrogens (tertiary/aromatic N) is 1. The number of nitrogens with one attached hydrogen (secondary N) is 2. The van der Waals surface area contributed by atoms with E-state index in [2.05, 4.69) is 19.2 Å². The molecule has 0 saturated heterocycles. The lowest BCUT2D eigenvalue weighted by atomic mass is 9.93. The molecule has 0 heterocycles. The fourth-order valence-electron chi connectivity index (χ4n) is 1.79. The van der Waals surface area contributed by atoms with Crippen LogP contribution in [-0.4, -0.2) is 35.9 Å². The van der Waals surface area contributed by atoms with E-state index in [1.54, 1.807) is 4.90 Å². The van der Waals surface area contributed by atoms with Gasteiger partial charge in [0.1, 0.15) is 0 Å². The van der Waals surface area contributed by atoms with Gasteiger partial charge in [-0.1, -0.05) is 13.8 Å². The van der Waals surface area contributed by atoms with Crippen LogP contribution in [0, 0.1) is 11.3 Å². The predicted molar refractivity (Wildman–Crippen MR) is 69.1 cm³/mol. The van der Waals surface area contributed by atoms with Crippen molar-refractivity contribution in [2.45, 2.75) is 45.6 Å². The molecule has 1 saturated carbocycles. The highest BCUT2D eigenvalue weighted by Gasteiger charge is 2.22. The highest BCUT2D eigenvalue weighted by molar-refractivity contribution is 5.79. The molecule has 0 unspecified atom stereocenters. The molecule has 5 heteroatoms. The first-order valence-electron chi connectivity index (χ1n) is 6.37. The largest absolute Gasteiger partial charge is 0.388 e. The molecule has 1 fully saturated rings. The van der Waals surface area contributed by atoms with Crippen molar-refractivity contribution in [3.05, 3.63) is 0 Å². The molecule has 1 rings (SSSR count). The Labute approximate surface area is 103 Å². The molecule has 0 aliphatic heterocycles. The van der Waals surface area contributed by atoms with Crippen molar-refractivity contribution in [2.75, 3.05) is 13.1 Å². The molecule has 0 atom stereocenters. The average Bonchev–Trinajstić information content (AvgIpc) is 2.17. The average molecular weight is 240 g/mol. The van der Waals surface area contributed by atoms with Gasteiger partial charge in [0.15, 0.2) is 0 Å². The normalized spacial score (nSPS) is 15.5. The lowest BCUT2D eigenvalue weighted by molar-refractivity contribution is 0.181. The molecular formula is C12H24N4O. The number of carbonyl (C=O) groups excluding carboxylic acids is 1. The summed E-state index contributed by atoms with van der Waals surface area (Å²) in [5.74, 6) is 0.560. The van der Waals surface area contributed by atoms with Gasteiger partial charge in [0.05, 0.1) is 5.84 Å². The summed E-state index contributed by atoms with van der Waals surface area (Å²) in [4.78, 5) is 13.8. The zero-order valence-electron chi connectivity index (χ0n) is 10.8. The lowest BCUT2D eigenvalue weighted by Crippen LogP contribution is -2.49. The maximum Gasteiger partial charge on any atom is 0.317 e. The van der Waals surface area contributed by atoms with Crippen molar-refractivity contribution in [1.29, 1.82) is 5.41 Å². The minimum Gasteiger partial charge on any atom is -0.388 e. The third-order valence-electron chi connectivity index (χ3n) is 2.96. The fourth-order valence-corrected chi connectivity index (χ4v) is 1.79. The van der Waals surface area contributed by atoms with E-state index in [0.717, 1.165) is 12.8 Å². The molecular weight excluding hydrogens is 216 g/mol. The van der Waals surface area contributed by atoms with Gasteiger partial charge in [-0.25, -0.2) is 4.79 Å². The van der Waals surface area contributed by atoms with E-state index in [9.17, 15) is 4.79 Å². The van der Waals surface area contributed by atoms with Crippen LogP contribution in [0.2, 0.25) is 0 Å². The molecule has 5 nitrogen and oxygen atoms in total. The van der Waals surface area contributed by atoms with Gasteiger partial charge in [-0.05, 0) is 25.2 Å². The Bertz CT molecular complexity index is 274. The number of nitrogens with two attached hydrogens (primary N) is 1. The van der Waals surface area contributed by atoms with Crippen LogP contribution in [0.15, 0.2) is 0 Å². The van der Waals surface area contributed by atoms with E-state index in [4.69, 9.17) is 11.1 Å². The first-order valence-corrected chi connectivity index (χ1v) is 6.37. The van der Waals surface area contributed by atoms with Crippen LogP contribution in [0.1, 0.15) is 39.5 Å². The highest BCUT2D eigenvalue weighted by Crippen LogP contribution is 2.18. The molecule has 0 aromatic carbocycles. The predicted octanol–water partition coefficient (Wildman–Crippen LogP) is 1.53. The Morgan fingerprint density at radius 1 is 1.53 bits per heavy atom. The Kier molecular flexibility index (Phi) is 5.25. The summed E-state index contributed by atoms with van der Waals surface area (Å²) >= 11 is 0. The zero-order valence-corrected chi connectivity index (χ0v) is 10.8. The van der Waals surface area contributed by atoms with Crippen LogP contribution in [0.3, 0.4) is 0 Å². The SMILES string of the molecule is CC(C)CN(CCC(=N)N)C(=O)NC1CCC1. The van der Waals surface area contributed by atoms with E-state index in [1.165, 1.54) is 6.42 Å². The molecule has 2 amide bonds. The number of amidine groups is 1. The molecule has 1 aliphatic carbocycles. The third kappa shape index (κ3) is 5.06. The van der Waals surface area contributed by atoms with Crippen LogP contribution in [-0.2, 0) is 0 Å². The maximum atomic E-state index is 12.0. The lowest BCUT2D eigenvalue weighted by Gasteiger charge is -2.31. The van der Waals surface area contributed by atoms with Crippen LogP contribution in [0.5, 0.6) is 0 Å². The Morgan fingerprint density at radius 3 is 2.59 bits per heavy atom. The highest BCUT2D eigenvalue weighted by atomic mass is 16.2. The monoisotopic (exact) mass is 240 g/mol. The van der Waals surface area contributed by atoms with Crippen molar-refractivity contribution < 1.29 is 4.79 Å². The standard InChI is InChI=1S/C12H24N4O/c1-9(2)8-16(7-6-11(13)14)12(17)15-10-4-3-5-10/h9-10H,3-8H2,1-2H3,(H3,13,14)(H,15,17). The summed E-state index contributed by atoms with van der Waals surface area (Å²) in [7, 11) is 0. The maximum absolute atomic E-state index is 12.0. The van der Waals surface area contributed by atoms with Gasteiger partial charge in [-0.2, -0.15) is 0 Å². The summed E-state index contributed by atoms with van der Waals surface area (Å²) in [6.07, 6.45) is 3.84. The number of carbonyl (C=O) groups is 1. The number of hydrogen-bond donors (Lipinski definition) is 3. The number of hydrogen-bond acceptors (Lipinski definition) is 2. The van der Waals surface area contributed by atoms with Gasteiger partial charge in [-0.15, -0.1) is 0 Å². The van der Waals surface area contributed by atoms with E-state index >= 15 is 0 Å². The van der Waals surface area contributed by atoms with Crippen molar-refractivity contribution in [3.63, 3.8) is 0 Å². The van der Waals surface area contributed by atoms with E-state index in [-0.39, 0.29) is 11.9 Å². The minimum absolute atomic E-state index is 0.00958. The summed E-state index contributed by atoms with van der Waals surface area (Å²) < 4.78 is 0. The van der Waals surface area contributed by atoms with E-state index in [0.29, 0.717) is 31.5 Å². The summed E-state index contributed by atoms with van der Waals surface area (Å²) in [5, 5.41) is 10.2. The Morgan fingerprint density at radius 2 is 2.18 bits per heavy atom. The summed E-state index contributed by atoms with van der Waals surface area (Å²) in [6, 6.07) is 0.346. The second-order valence-corrected chi connectivity index (χ2v) is 5.19. The van der Waals surface area contributed by atoms with Gasteiger partial charge in [0.2, 0.25) is 0 Å². The third-order valence-corrected chi connectivity index (χ3v) is 2.96. The molecule has 0 aromatic rings. The van der Waals surface area contributed by atoms with E-state index in [1.807, 2.05) is 0 Å².